The summed E-state index contributed by atoms with van der Waals surface area (Å²) in [6.45, 7) is 8.08. The van der Waals surface area contributed by atoms with Crippen molar-refractivity contribution >= 4 is 25.7 Å². The molecule has 0 aliphatic rings. The number of carboxylic acid groups (broad SMARTS) is 1. The van der Waals surface area contributed by atoms with Crippen molar-refractivity contribution in [3.8, 4) is 0 Å². The van der Waals surface area contributed by atoms with E-state index in [9.17, 15) is 0 Å². The molecule has 0 aromatic heterocycles. The van der Waals surface area contributed by atoms with Gasteiger partial charge in [0.1, 0.15) is 0 Å². The van der Waals surface area contributed by atoms with Crippen LogP contribution in [0.5, 0.6) is 0 Å². The second-order valence-electron chi connectivity index (χ2n) is 4.58. The van der Waals surface area contributed by atoms with Gasteiger partial charge in [-0.1, -0.05) is 0 Å². The molecule has 0 spiro atoms. The van der Waals surface area contributed by atoms with Crippen LogP contribution in [0.15, 0.2) is 0 Å². The molecule has 0 aromatic rings. The first kappa shape index (κ1) is 19.6. The molecule has 17 heavy (non-hydrogen) atoms. The summed E-state index contributed by atoms with van der Waals surface area (Å²) in [6.07, 6.45) is 8.85. The van der Waals surface area contributed by atoms with Gasteiger partial charge >= 0.3 is 92.4 Å². The van der Waals surface area contributed by atoms with Crippen LogP contribution in [-0.4, -0.2) is 30.8 Å². The molecule has 1 N–H and O–H groups in total. The summed E-state index contributed by atoms with van der Waals surface area (Å²) in [5.74, 6) is -0.833. The molecule has 0 aromatic carbocycles. The Morgan fingerprint density at radius 2 is 1.12 bits per heavy atom. The van der Waals surface area contributed by atoms with Crippen molar-refractivity contribution in [2.45, 2.75) is 79.5 Å². The summed E-state index contributed by atoms with van der Waals surface area (Å²) in [4.78, 5) is 9.00. The Morgan fingerprint density at radius 1 is 0.882 bits per heavy atom. The van der Waals surface area contributed by atoms with Gasteiger partial charge in [0.15, 0.2) is 0 Å². The molecular weight excluding hydrogens is 319 g/mol. The number of hydrogen-bond acceptors (Lipinski definition) is 1. The van der Waals surface area contributed by atoms with Crippen molar-refractivity contribution in [2.75, 3.05) is 0 Å². The standard InChI is InChI=1S/3C4H9.C2H4O2.Sn/c3*1-3-4-2;1-2(3)4;/h3*1,3-4H2,2H3;1H3,(H,3,4);. The Hall–Kier alpha value is 0.269. The van der Waals surface area contributed by atoms with E-state index in [0.29, 0.717) is 0 Å². The molecule has 0 aliphatic carbocycles. The van der Waals surface area contributed by atoms with E-state index >= 15 is 0 Å². The number of aliphatic carboxylic acids is 1. The fraction of sp³-hybridized carbons (Fsp3) is 0.929. The third kappa shape index (κ3) is 22.0. The van der Waals surface area contributed by atoms with Crippen LogP contribution in [0, 0.1) is 0 Å². The first-order valence-corrected chi connectivity index (χ1v) is 13.2. The monoisotopic (exact) mass is 351 g/mol. The van der Waals surface area contributed by atoms with Gasteiger partial charge in [0, 0.05) is 6.92 Å². The minimum atomic E-state index is -0.839. The fourth-order valence-corrected chi connectivity index (χ4v) is 11.1. The van der Waals surface area contributed by atoms with Gasteiger partial charge in [0.25, 0.3) is 5.97 Å². The van der Waals surface area contributed by atoms with Crippen molar-refractivity contribution < 1.29 is 9.90 Å². The molecule has 1 radical (unpaired) electrons. The Balaban J connectivity index is 0. The maximum atomic E-state index is 9.00. The van der Waals surface area contributed by atoms with Crippen molar-refractivity contribution in [1.82, 2.24) is 0 Å². The molecule has 0 heterocycles. The van der Waals surface area contributed by atoms with Gasteiger partial charge in [-0.05, 0) is 0 Å². The predicted molar refractivity (Wildman–Crippen MR) is 78.2 cm³/mol. The van der Waals surface area contributed by atoms with E-state index in [2.05, 4.69) is 20.8 Å². The quantitative estimate of drug-likeness (QED) is 0.596. The molecule has 0 saturated carbocycles. The van der Waals surface area contributed by atoms with Crippen LogP contribution >= 0.6 is 0 Å². The number of carboxylic acids is 1. The molecule has 103 valence electrons. The van der Waals surface area contributed by atoms with E-state index in [1.165, 1.54) is 38.5 Å². The summed E-state index contributed by atoms with van der Waals surface area (Å²) in [7, 11) is 0. The summed E-state index contributed by atoms with van der Waals surface area (Å²) >= 11 is -0.839. The topological polar surface area (TPSA) is 37.3 Å². The fourth-order valence-electron chi connectivity index (χ4n) is 1.66. The Labute approximate surface area is 115 Å². The van der Waals surface area contributed by atoms with E-state index in [1.807, 2.05) is 0 Å². The van der Waals surface area contributed by atoms with Gasteiger partial charge in [0.2, 0.25) is 0 Å². The van der Waals surface area contributed by atoms with Gasteiger partial charge < -0.3 is 5.11 Å². The molecule has 0 saturated heterocycles. The van der Waals surface area contributed by atoms with Crippen molar-refractivity contribution in [2.24, 2.45) is 0 Å². The van der Waals surface area contributed by atoms with Crippen LogP contribution in [0.25, 0.3) is 0 Å². The summed E-state index contributed by atoms with van der Waals surface area (Å²) < 4.78 is 5.04. The molecule has 0 aliphatic heterocycles. The number of hydrogen-bond donors (Lipinski definition) is 1. The molecule has 3 heteroatoms. The zero-order valence-electron chi connectivity index (χ0n) is 12.2. The zero-order valence-corrected chi connectivity index (χ0v) is 15.1. The van der Waals surface area contributed by atoms with Crippen LogP contribution in [0.2, 0.25) is 13.3 Å². The third-order valence-electron chi connectivity index (χ3n) is 2.65. The first-order chi connectivity index (χ1) is 8.08. The molecule has 0 rings (SSSR count). The van der Waals surface area contributed by atoms with Crippen LogP contribution < -0.4 is 0 Å². The van der Waals surface area contributed by atoms with Gasteiger partial charge in [-0.3, -0.25) is 4.79 Å². The summed E-state index contributed by atoms with van der Waals surface area (Å²) in [5.41, 5.74) is 0. The zero-order chi connectivity index (χ0) is 13.5. The molecule has 0 atom stereocenters. The maximum absolute atomic E-state index is 9.00. The molecule has 2 nitrogen and oxygen atoms in total. The van der Waals surface area contributed by atoms with E-state index in [0.717, 1.165) is 6.92 Å². The Morgan fingerprint density at radius 3 is 1.29 bits per heavy atom. The third-order valence-corrected chi connectivity index (χ3v) is 11.7. The Bertz CT molecular complexity index is 137. The molecule has 0 unspecified atom stereocenters. The van der Waals surface area contributed by atoms with Crippen LogP contribution in [0.4, 0.5) is 0 Å². The minimum absolute atomic E-state index is 0.833. The predicted octanol–water partition coefficient (Wildman–Crippen LogP) is 4.97. The number of rotatable bonds is 9. The average Bonchev–Trinajstić information content (AvgIpc) is 2.27. The van der Waals surface area contributed by atoms with Crippen LogP contribution in [0.3, 0.4) is 0 Å². The number of carbonyl (C=O) groups is 1. The Kier molecular flexibility index (Phi) is 18.8. The van der Waals surface area contributed by atoms with E-state index < -0.39 is 25.7 Å². The van der Waals surface area contributed by atoms with Crippen molar-refractivity contribution in [3.63, 3.8) is 0 Å². The molecule has 0 amide bonds. The number of unbranched alkanes of at least 4 members (excludes halogenated alkanes) is 3. The summed E-state index contributed by atoms with van der Waals surface area (Å²) in [5, 5.41) is 7.42. The molecule has 0 bridgehead atoms. The van der Waals surface area contributed by atoms with Gasteiger partial charge in [-0.15, -0.1) is 0 Å². The summed E-state index contributed by atoms with van der Waals surface area (Å²) in [6, 6.07) is 0. The van der Waals surface area contributed by atoms with Gasteiger partial charge in [0.05, 0.1) is 0 Å². The van der Waals surface area contributed by atoms with Crippen molar-refractivity contribution in [1.29, 1.82) is 0 Å². The van der Waals surface area contributed by atoms with Crippen molar-refractivity contribution in [3.05, 3.63) is 0 Å². The van der Waals surface area contributed by atoms with E-state index in [1.54, 1.807) is 13.3 Å². The first-order valence-electron chi connectivity index (χ1n) is 7.11. The average molecular weight is 350 g/mol. The second-order valence-corrected chi connectivity index (χ2v) is 13.1. The van der Waals surface area contributed by atoms with E-state index in [-0.39, 0.29) is 0 Å². The second kappa shape index (κ2) is 16.3. The van der Waals surface area contributed by atoms with Gasteiger partial charge in [-0.2, -0.15) is 0 Å². The van der Waals surface area contributed by atoms with Crippen LogP contribution in [0.1, 0.15) is 66.2 Å². The molecular formula is C14H31O2Sn. The van der Waals surface area contributed by atoms with Gasteiger partial charge in [-0.25, -0.2) is 0 Å². The normalized spacial score (nSPS) is 9.94. The SMILES string of the molecule is CC(=O)O.CCC[CH2][Sn]([CH2]CCC)[CH2]CCC. The van der Waals surface area contributed by atoms with E-state index in [4.69, 9.17) is 9.90 Å². The van der Waals surface area contributed by atoms with Crippen LogP contribution in [-0.2, 0) is 4.79 Å². The molecule has 0 fully saturated rings.